The molecule has 2 aromatic heterocycles. The first-order valence-corrected chi connectivity index (χ1v) is 13.5. The number of sulfonamides is 1. The summed E-state index contributed by atoms with van der Waals surface area (Å²) in [6.45, 7) is 10.7. The third-order valence-corrected chi connectivity index (χ3v) is 7.92. The zero-order valence-corrected chi connectivity index (χ0v) is 21.4. The van der Waals surface area contributed by atoms with Gasteiger partial charge >= 0.3 is 0 Å². The quantitative estimate of drug-likeness (QED) is 0.398. The van der Waals surface area contributed by atoms with Crippen molar-refractivity contribution in [2.24, 2.45) is 5.92 Å². The molecule has 0 saturated carbocycles. The van der Waals surface area contributed by atoms with Crippen molar-refractivity contribution in [3.8, 4) is 0 Å². The van der Waals surface area contributed by atoms with E-state index in [9.17, 15) is 13.2 Å². The molecule has 1 unspecified atom stereocenters. The summed E-state index contributed by atoms with van der Waals surface area (Å²) in [4.78, 5) is 17.5. The van der Waals surface area contributed by atoms with E-state index in [2.05, 4.69) is 28.8 Å². The summed E-state index contributed by atoms with van der Waals surface area (Å²) < 4.78 is 31.3. The number of amides is 1. The van der Waals surface area contributed by atoms with Crippen molar-refractivity contribution >= 4 is 27.0 Å². The Morgan fingerprint density at radius 2 is 1.97 bits per heavy atom. The normalized spacial score (nSPS) is 13.0. The lowest BCUT2D eigenvalue weighted by atomic mass is 10.2. The van der Waals surface area contributed by atoms with Gasteiger partial charge in [-0.25, -0.2) is 13.4 Å². The molecule has 0 radical (unpaired) electrons. The number of imidazole rings is 1. The first-order valence-electron chi connectivity index (χ1n) is 12.0. The molecule has 1 aromatic carbocycles. The van der Waals surface area contributed by atoms with Gasteiger partial charge in [-0.2, -0.15) is 9.40 Å². The molecule has 10 heteroatoms. The third-order valence-electron chi connectivity index (χ3n) is 5.87. The topological polar surface area (TPSA) is 102 Å². The molecule has 1 atom stereocenters. The second-order valence-electron chi connectivity index (χ2n) is 8.56. The lowest BCUT2D eigenvalue weighted by Crippen LogP contribution is -2.30. The van der Waals surface area contributed by atoms with Crippen LogP contribution in [0.4, 0.5) is 0 Å². The van der Waals surface area contributed by atoms with Crippen LogP contribution in [0.15, 0.2) is 41.6 Å². The van der Waals surface area contributed by atoms with Gasteiger partial charge in [-0.05, 0) is 36.6 Å². The highest BCUT2D eigenvalue weighted by Crippen LogP contribution is 2.24. The zero-order chi connectivity index (χ0) is 24.7. The fourth-order valence-corrected chi connectivity index (χ4v) is 5.57. The number of benzene rings is 1. The number of aromatic nitrogens is 4. The molecule has 3 rings (SSSR count). The van der Waals surface area contributed by atoms with Crippen LogP contribution in [-0.4, -0.2) is 57.6 Å². The highest BCUT2D eigenvalue weighted by Gasteiger charge is 2.23. The van der Waals surface area contributed by atoms with Crippen LogP contribution in [0.5, 0.6) is 0 Å². The number of carbonyl (C=O) groups is 1. The van der Waals surface area contributed by atoms with E-state index >= 15 is 0 Å². The van der Waals surface area contributed by atoms with E-state index in [1.54, 1.807) is 18.3 Å². The maximum absolute atomic E-state index is 12.9. The summed E-state index contributed by atoms with van der Waals surface area (Å²) in [6.07, 6.45) is 5.39. The van der Waals surface area contributed by atoms with E-state index in [1.807, 2.05) is 36.9 Å². The van der Waals surface area contributed by atoms with Gasteiger partial charge < -0.3 is 9.88 Å². The third kappa shape index (κ3) is 6.04. The molecular weight excluding hydrogens is 452 g/mol. The Hall–Kier alpha value is -2.72. The summed E-state index contributed by atoms with van der Waals surface area (Å²) in [5, 5.41) is 7.20. The standard InChI is InChI=1S/C24H36N6O3S/c1-5-14-30-22-10-9-20(34(32,33)29(6-2)7-3)16-21(22)27-23(30)11-12-24(31)25-17-19(4)18-28-15-8-13-26-28/h8-10,13,15-16,19H,5-7,11-12,14,17-18H2,1-4H3,(H,25,31). The van der Waals surface area contributed by atoms with Gasteiger partial charge in [0.05, 0.1) is 15.9 Å². The van der Waals surface area contributed by atoms with E-state index < -0.39 is 10.0 Å². The van der Waals surface area contributed by atoms with Crippen LogP contribution >= 0.6 is 0 Å². The molecule has 0 saturated heterocycles. The van der Waals surface area contributed by atoms with Crippen LogP contribution in [0.1, 0.15) is 46.4 Å². The number of nitrogens with one attached hydrogen (secondary N) is 1. The smallest absolute Gasteiger partial charge is 0.243 e. The van der Waals surface area contributed by atoms with Crippen LogP contribution in [0, 0.1) is 5.92 Å². The Morgan fingerprint density at radius 3 is 2.62 bits per heavy atom. The van der Waals surface area contributed by atoms with Crippen molar-refractivity contribution in [1.82, 2.24) is 29.0 Å². The monoisotopic (exact) mass is 488 g/mol. The molecule has 0 fully saturated rings. The molecule has 3 aromatic rings. The Labute approximate surface area is 202 Å². The van der Waals surface area contributed by atoms with Crippen molar-refractivity contribution < 1.29 is 13.2 Å². The number of rotatable bonds is 13. The minimum Gasteiger partial charge on any atom is -0.356 e. The molecule has 0 spiro atoms. The molecular formula is C24H36N6O3S. The molecule has 34 heavy (non-hydrogen) atoms. The summed E-state index contributed by atoms with van der Waals surface area (Å²) in [7, 11) is -3.55. The van der Waals surface area contributed by atoms with Crippen molar-refractivity contribution in [2.45, 2.75) is 64.9 Å². The number of hydrogen-bond acceptors (Lipinski definition) is 5. The van der Waals surface area contributed by atoms with Gasteiger partial charge in [-0.15, -0.1) is 0 Å². The largest absolute Gasteiger partial charge is 0.356 e. The van der Waals surface area contributed by atoms with E-state index in [4.69, 9.17) is 4.98 Å². The molecule has 186 valence electrons. The Morgan fingerprint density at radius 1 is 1.21 bits per heavy atom. The Balaban J connectivity index is 1.70. The van der Waals surface area contributed by atoms with Crippen LogP contribution in [0.25, 0.3) is 11.0 Å². The molecule has 2 heterocycles. The van der Waals surface area contributed by atoms with Gasteiger partial charge in [0.2, 0.25) is 15.9 Å². The zero-order valence-electron chi connectivity index (χ0n) is 20.6. The highest BCUT2D eigenvalue weighted by molar-refractivity contribution is 7.89. The lowest BCUT2D eigenvalue weighted by molar-refractivity contribution is -0.121. The second-order valence-corrected chi connectivity index (χ2v) is 10.5. The summed E-state index contributed by atoms with van der Waals surface area (Å²) in [5.41, 5.74) is 1.54. The van der Waals surface area contributed by atoms with Crippen LogP contribution in [-0.2, 0) is 34.3 Å². The number of aryl methyl sites for hydroxylation is 2. The van der Waals surface area contributed by atoms with Gasteiger partial charge in [-0.1, -0.05) is 27.7 Å². The highest BCUT2D eigenvalue weighted by atomic mass is 32.2. The maximum atomic E-state index is 12.9. The number of fused-ring (bicyclic) bond motifs is 1. The van der Waals surface area contributed by atoms with E-state index in [-0.39, 0.29) is 16.7 Å². The van der Waals surface area contributed by atoms with Crippen molar-refractivity contribution in [2.75, 3.05) is 19.6 Å². The van der Waals surface area contributed by atoms with Gasteiger partial charge in [0.25, 0.3) is 0 Å². The minimum atomic E-state index is -3.55. The second kappa shape index (κ2) is 11.6. The van der Waals surface area contributed by atoms with Gasteiger partial charge in [0.15, 0.2) is 0 Å². The SMILES string of the molecule is CCCn1c(CCC(=O)NCC(C)Cn2cccn2)nc2cc(S(=O)(=O)N(CC)CC)ccc21. The Kier molecular flexibility index (Phi) is 8.84. The fraction of sp³-hybridized carbons (Fsp3) is 0.542. The van der Waals surface area contributed by atoms with Gasteiger partial charge in [-0.3, -0.25) is 9.48 Å². The van der Waals surface area contributed by atoms with Crippen molar-refractivity contribution in [1.29, 1.82) is 0 Å². The summed E-state index contributed by atoms with van der Waals surface area (Å²) in [5.74, 6) is 1.04. The number of carbonyl (C=O) groups excluding carboxylic acids is 1. The first-order chi connectivity index (χ1) is 16.3. The average molecular weight is 489 g/mol. The first kappa shape index (κ1) is 25.9. The van der Waals surface area contributed by atoms with Gasteiger partial charge in [0, 0.05) is 58.0 Å². The summed E-state index contributed by atoms with van der Waals surface area (Å²) >= 11 is 0. The molecule has 0 aliphatic carbocycles. The van der Waals surface area contributed by atoms with Crippen LogP contribution < -0.4 is 5.32 Å². The van der Waals surface area contributed by atoms with Crippen molar-refractivity contribution in [3.05, 3.63) is 42.5 Å². The number of hydrogen-bond donors (Lipinski definition) is 1. The molecule has 0 aliphatic rings. The average Bonchev–Trinajstić information content (AvgIpc) is 3.44. The van der Waals surface area contributed by atoms with Gasteiger partial charge in [0.1, 0.15) is 5.82 Å². The van der Waals surface area contributed by atoms with E-state index in [1.165, 1.54) is 4.31 Å². The number of nitrogens with zero attached hydrogens (tertiary/aromatic N) is 5. The fourth-order valence-electron chi connectivity index (χ4n) is 4.09. The molecule has 1 N–H and O–H groups in total. The molecule has 9 nitrogen and oxygen atoms in total. The van der Waals surface area contributed by atoms with Crippen molar-refractivity contribution in [3.63, 3.8) is 0 Å². The predicted octanol–water partition coefficient (Wildman–Crippen LogP) is 3.06. The maximum Gasteiger partial charge on any atom is 0.243 e. The lowest BCUT2D eigenvalue weighted by Gasteiger charge is -2.18. The van der Waals surface area contributed by atoms with Crippen LogP contribution in [0.2, 0.25) is 0 Å². The predicted molar refractivity (Wildman–Crippen MR) is 133 cm³/mol. The van der Waals surface area contributed by atoms with E-state index in [0.717, 1.165) is 30.9 Å². The molecule has 0 bridgehead atoms. The molecule has 0 aliphatic heterocycles. The van der Waals surface area contributed by atoms with Crippen LogP contribution in [0.3, 0.4) is 0 Å². The molecule has 1 amide bonds. The van der Waals surface area contributed by atoms with E-state index in [0.29, 0.717) is 38.0 Å². The summed E-state index contributed by atoms with van der Waals surface area (Å²) in [6, 6.07) is 7.02. The minimum absolute atomic E-state index is 0.0211. The Bertz CT molecular complexity index is 1180.